The molecule has 0 aromatic rings. The van der Waals surface area contributed by atoms with Gasteiger partial charge in [-0.25, -0.2) is 0 Å². The molecule has 2 aliphatic carbocycles. The van der Waals surface area contributed by atoms with Crippen LogP contribution in [0.2, 0.25) is 0 Å². The molecule has 2 aliphatic rings. The van der Waals surface area contributed by atoms with Crippen molar-refractivity contribution in [1.82, 2.24) is 0 Å². The second-order valence-electron chi connectivity index (χ2n) is 8.37. The summed E-state index contributed by atoms with van der Waals surface area (Å²) < 4.78 is 13.0. The predicted molar refractivity (Wildman–Crippen MR) is 99.1 cm³/mol. The molecule has 0 spiro atoms. The molecule has 0 aliphatic heterocycles. The zero-order valence-electron chi connectivity index (χ0n) is 15.6. The van der Waals surface area contributed by atoms with Gasteiger partial charge in [0.2, 0.25) is 0 Å². The predicted octanol–water partition coefficient (Wildman–Crippen LogP) is 7.34. The minimum atomic E-state index is -0.589. The van der Waals surface area contributed by atoms with Crippen LogP contribution in [0.4, 0.5) is 4.39 Å². The maximum Gasteiger partial charge on any atom is 0.196 e. The number of hydrogen-bond acceptors (Lipinski definition) is 1. The number of nitrogens with zero attached hydrogens (tertiary/aromatic N) is 1. The van der Waals surface area contributed by atoms with Crippen LogP contribution in [0, 0.1) is 35.0 Å². The fourth-order valence-corrected chi connectivity index (χ4v) is 4.85. The molecule has 0 N–H and O–H groups in total. The fourth-order valence-electron chi connectivity index (χ4n) is 4.85. The van der Waals surface area contributed by atoms with E-state index in [1.165, 1.54) is 77.0 Å². The van der Waals surface area contributed by atoms with Crippen molar-refractivity contribution in [1.29, 1.82) is 5.26 Å². The molecule has 2 fully saturated rings. The van der Waals surface area contributed by atoms with Crippen LogP contribution < -0.4 is 0 Å². The van der Waals surface area contributed by atoms with Crippen LogP contribution >= 0.6 is 0 Å². The first kappa shape index (κ1) is 19.5. The van der Waals surface area contributed by atoms with Gasteiger partial charge in [0.05, 0.1) is 0 Å². The Morgan fingerprint density at radius 2 is 1.38 bits per heavy atom. The molecule has 0 heterocycles. The summed E-state index contributed by atoms with van der Waals surface area (Å²) in [7, 11) is 0. The van der Waals surface area contributed by atoms with Crippen LogP contribution in [0.5, 0.6) is 0 Å². The van der Waals surface area contributed by atoms with Crippen LogP contribution in [0.1, 0.15) is 96.8 Å². The molecule has 2 rings (SSSR count). The van der Waals surface area contributed by atoms with Crippen LogP contribution in [-0.4, -0.2) is 0 Å². The van der Waals surface area contributed by atoms with E-state index in [2.05, 4.69) is 6.92 Å². The highest BCUT2D eigenvalue weighted by Crippen LogP contribution is 2.38. The van der Waals surface area contributed by atoms with Crippen molar-refractivity contribution in [3.63, 3.8) is 0 Å². The highest BCUT2D eigenvalue weighted by molar-refractivity contribution is 5.13. The van der Waals surface area contributed by atoms with Crippen molar-refractivity contribution < 1.29 is 4.39 Å². The Kier molecular flexibility index (Phi) is 8.86. The number of unbranched alkanes of at least 4 members (excludes halogenated alkanes) is 2. The molecule has 0 atom stereocenters. The zero-order chi connectivity index (χ0) is 17.2. The zero-order valence-corrected chi connectivity index (χ0v) is 15.6. The molecule has 1 nitrogen and oxygen atoms in total. The van der Waals surface area contributed by atoms with E-state index >= 15 is 0 Å². The molecule has 0 radical (unpaired) electrons. The van der Waals surface area contributed by atoms with Gasteiger partial charge in [-0.3, -0.25) is 0 Å². The smallest absolute Gasteiger partial charge is 0.195 e. The fraction of sp³-hybridized carbons (Fsp3) is 0.864. The lowest BCUT2D eigenvalue weighted by Crippen LogP contribution is -2.18. The molecular formula is C22H36FN. The summed E-state index contributed by atoms with van der Waals surface area (Å²) in [4.78, 5) is 0. The molecule has 24 heavy (non-hydrogen) atoms. The third-order valence-corrected chi connectivity index (χ3v) is 6.55. The number of nitriles is 1. The lowest BCUT2D eigenvalue weighted by molar-refractivity contribution is 0.219. The van der Waals surface area contributed by atoms with Gasteiger partial charge < -0.3 is 0 Å². The number of rotatable bonds is 8. The van der Waals surface area contributed by atoms with Gasteiger partial charge in [-0.1, -0.05) is 71.1 Å². The van der Waals surface area contributed by atoms with Crippen LogP contribution in [0.25, 0.3) is 0 Å². The average Bonchev–Trinajstić information content (AvgIpc) is 2.62. The molecule has 0 bridgehead atoms. The van der Waals surface area contributed by atoms with E-state index in [4.69, 9.17) is 5.26 Å². The Bertz CT molecular complexity index is 406. The van der Waals surface area contributed by atoms with Crippen molar-refractivity contribution in [3.8, 4) is 6.07 Å². The Hall–Kier alpha value is -0.840. The van der Waals surface area contributed by atoms with Gasteiger partial charge in [0, 0.05) is 0 Å². The topological polar surface area (TPSA) is 23.8 Å². The average molecular weight is 334 g/mol. The van der Waals surface area contributed by atoms with Gasteiger partial charge in [0.25, 0.3) is 0 Å². The van der Waals surface area contributed by atoms with E-state index in [0.717, 1.165) is 30.6 Å². The van der Waals surface area contributed by atoms with E-state index in [9.17, 15) is 4.39 Å². The first-order valence-corrected chi connectivity index (χ1v) is 10.5. The van der Waals surface area contributed by atoms with Crippen molar-refractivity contribution in [2.45, 2.75) is 96.8 Å². The first-order chi connectivity index (χ1) is 11.7. The van der Waals surface area contributed by atoms with E-state index in [1.807, 2.05) is 0 Å². The SMILES string of the molecule is CCCCC[C@H]1CC[C@H](CCC2CCC(C=C(F)C#N)CC2)CC1. The molecule has 0 unspecified atom stereocenters. The van der Waals surface area contributed by atoms with E-state index < -0.39 is 5.83 Å². The summed E-state index contributed by atoms with van der Waals surface area (Å²) >= 11 is 0. The van der Waals surface area contributed by atoms with E-state index in [0.29, 0.717) is 5.92 Å². The van der Waals surface area contributed by atoms with Crippen molar-refractivity contribution in [3.05, 3.63) is 11.9 Å². The second-order valence-corrected chi connectivity index (χ2v) is 8.37. The van der Waals surface area contributed by atoms with Crippen LogP contribution in [0.3, 0.4) is 0 Å². The quantitative estimate of drug-likeness (QED) is 0.337. The number of halogens is 1. The minimum absolute atomic E-state index is 0.305. The molecule has 0 saturated heterocycles. The van der Waals surface area contributed by atoms with E-state index in [1.54, 1.807) is 12.1 Å². The Morgan fingerprint density at radius 3 is 1.88 bits per heavy atom. The van der Waals surface area contributed by atoms with Crippen LogP contribution in [-0.2, 0) is 0 Å². The highest BCUT2D eigenvalue weighted by Gasteiger charge is 2.24. The first-order valence-electron chi connectivity index (χ1n) is 10.5. The third-order valence-electron chi connectivity index (χ3n) is 6.55. The van der Waals surface area contributed by atoms with Gasteiger partial charge in [-0.05, 0) is 55.4 Å². The van der Waals surface area contributed by atoms with Gasteiger partial charge >= 0.3 is 0 Å². The molecular weight excluding hydrogens is 297 g/mol. The molecule has 2 saturated carbocycles. The Morgan fingerprint density at radius 1 is 0.875 bits per heavy atom. The van der Waals surface area contributed by atoms with Crippen LogP contribution in [0.15, 0.2) is 11.9 Å². The normalized spacial score (nSPS) is 31.6. The monoisotopic (exact) mass is 333 g/mol. The molecule has 2 heteroatoms. The Balaban J connectivity index is 1.56. The summed E-state index contributed by atoms with van der Waals surface area (Å²) in [6.45, 7) is 2.29. The summed E-state index contributed by atoms with van der Waals surface area (Å²) in [5.41, 5.74) is 0. The third kappa shape index (κ3) is 6.96. The molecule has 136 valence electrons. The molecule has 0 aromatic heterocycles. The van der Waals surface area contributed by atoms with Gasteiger partial charge in [0.15, 0.2) is 5.83 Å². The lowest BCUT2D eigenvalue weighted by Gasteiger charge is -2.31. The number of hydrogen-bond donors (Lipinski definition) is 0. The van der Waals surface area contributed by atoms with Gasteiger partial charge in [-0.15, -0.1) is 0 Å². The maximum absolute atomic E-state index is 13.0. The van der Waals surface area contributed by atoms with Crippen molar-refractivity contribution >= 4 is 0 Å². The minimum Gasteiger partial charge on any atom is -0.195 e. The maximum atomic E-state index is 13.0. The van der Waals surface area contributed by atoms with Gasteiger partial charge in [0.1, 0.15) is 6.07 Å². The van der Waals surface area contributed by atoms with Crippen molar-refractivity contribution in [2.75, 3.05) is 0 Å². The number of allylic oxidation sites excluding steroid dienone is 2. The largest absolute Gasteiger partial charge is 0.196 e. The van der Waals surface area contributed by atoms with E-state index in [-0.39, 0.29) is 0 Å². The van der Waals surface area contributed by atoms with Crippen molar-refractivity contribution in [2.24, 2.45) is 23.7 Å². The second kappa shape index (κ2) is 10.9. The Labute approximate surface area is 148 Å². The molecule has 0 amide bonds. The molecule has 0 aromatic carbocycles. The highest BCUT2D eigenvalue weighted by atomic mass is 19.1. The lowest BCUT2D eigenvalue weighted by atomic mass is 9.75. The summed E-state index contributed by atoms with van der Waals surface area (Å²) in [6, 6.07) is 1.61. The summed E-state index contributed by atoms with van der Waals surface area (Å²) in [5.74, 6) is 2.56. The standard InChI is InChI=1S/C22H36FN/c1-2-3-4-5-18-6-8-19(9-7-18)10-11-20-12-14-21(15-13-20)16-22(23)17-24/h16,18-21H,2-15H2,1H3/t18-,19-,20?,21?. The summed E-state index contributed by atoms with van der Waals surface area (Å²) in [6.07, 6.45) is 20.5. The van der Waals surface area contributed by atoms with Gasteiger partial charge in [-0.2, -0.15) is 9.65 Å². The summed E-state index contributed by atoms with van der Waals surface area (Å²) in [5, 5.41) is 8.53.